The van der Waals surface area contributed by atoms with E-state index in [4.69, 9.17) is 0 Å². The molecule has 66 valence electrons. The van der Waals surface area contributed by atoms with E-state index in [9.17, 15) is 9.59 Å². The van der Waals surface area contributed by atoms with Gasteiger partial charge in [0.05, 0.1) is 0 Å². The number of aromatic nitrogens is 4. The van der Waals surface area contributed by atoms with E-state index in [1.807, 2.05) is 0 Å². The Labute approximate surface area is 71.9 Å². The van der Waals surface area contributed by atoms with Gasteiger partial charge in [-0.05, 0) is 0 Å². The van der Waals surface area contributed by atoms with Crippen LogP contribution in [0.2, 0.25) is 0 Å². The van der Waals surface area contributed by atoms with Gasteiger partial charge in [-0.25, -0.2) is 9.97 Å². The summed E-state index contributed by atoms with van der Waals surface area (Å²) in [6.45, 7) is 0. The molecule has 0 atom stereocenters. The van der Waals surface area contributed by atoms with Gasteiger partial charge in [-0.1, -0.05) is 0 Å². The number of rotatable bonds is 0. The summed E-state index contributed by atoms with van der Waals surface area (Å²) >= 11 is 0. The second-order valence-electron chi connectivity index (χ2n) is 2.56. The Morgan fingerprint density at radius 3 is 2.54 bits per heavy atom. The highest BCUT2D eigenvalue weighted by molar-refractivity contribution is 5.70. The van der Waals surface area contributed by atoms with Gasteiger partial charge in [0.25, 0.3) is 11.1 Å². The number of aromatic amines is 1. The molecule has 0 radical (unpaired) electrons. The highest BCUT2D eigenvalue weighted by Crippen LogP contribution is 1.92. The molecule has 0 aromatic carbocycles. The topological polar surface area (TPSA) is 80.6 Å². The van der Waals surface area contributed by atoms with E-state index in [1.165, 1.54) is 19.4 Å². The highest BCUT2D eigenvalue weighted by atomic mass is 16.2. The second-order valence-corrected chi connectivity index (χ2v) is 2.56. The van der Waals surface area contributed by atoms with Crippen molar-refractivity contribution in [3.05, 3.63) is 33.1 Å². The molecule has 0 bridgehead atoms. The first-order valence-electron chi connectivity index (χ1n) is 3.60. The fourth-order valence-corrected chi connectivity index (χ4v) is 1.08. The molecule has 2 aromatic heterocycles. The molecule has 2 heterocycles. The molecule has 0 amide bonds. The number of hydrogen-bond donors (Lipinski definition) is 1. The minimum absolute atomic E-state index is 0.0746. The Morgan fingerprint density at radius 1 is 1.23 bits per heavy atom. The summed E-state index contributed by atoms with van der Waals surface area (Å²) in [7, 11) is 1.46. The fourth-order valence-electron chi connectivity index (χ4n) is 1.08. The standard InChI is InChI=1S/C7H6N4O2/c1-11-7(13)5-4(6(12)10-11)8-2-3-9-5/h2-3H,1H3,(H,10,12). The van der Waals surface area contributed by atoms with Crippen molar-refractivity contribution in [3.8, 4) is 0 Å². The van der Waals surface area contributed by atoms with Crippen molar-refractivity contribution in [2.24, 2.45) is 7.05 Å². The van der Waals surface area contributed by atoms with Crippen molar-refractivity contribution >= 4 is 11.0 Å². The quantitative estimate of drug-likeness (QED) is 0.562. The minimum atomic E-state index is -0.412. The number of hydrogen-bond acceptors (Lipinski definition) is 4. The molecule has 0 spiro atoms. The van der Waals surface area contributed by atoms with E-state index in [0.29, 0.717) is 0 Å². The zero-order valence-electron chi connectivity index (χ0n) is 6.81. The number of fused-ring (bicyclic) bond motifs is 1. The van der Waals surface area contributed by atoms with Crippen molar-refractivity contribution < 1.29 is 0 Å². The molecule has 0 saturated heterocycles. The summed E-state index contributed by atoms with van der Waals surface area (Å²) in [5.74, 6) is 0. The van der Waals surface area contributed by atoms with Crippen LogP contribution in [-0.2, 0) is 7.05 Å². The molecule has 1 N–H and O–H groups in total. The number of aryl methyl sites for hydroxylation is 1. The summed E-state index contributed by atoms with van der Waals surface area (Å²) in [5.41, 5.74) is -0.604. The van der Waals surface area contributed by atoms with Crippen molar-refractivity contribution in [1.29, 1.82) is 0 Å². The predicted molar refractivity (Wildman–Crippen MR) is 45.4 cm³/mol. The van der Waals surface area contributed by atoms with Gasteiger partial charge >= 0.3 is 0 Å². The van der Waals surface area contributed by atoms with Crippen LogP contribution in [-0.4, -0.2) is 19.7 Å². The van der Waals surface area contributed by atoms with Crippen molar-refractivity contribution in [2.75, 3.05) is 0 Å². The van der Waals surface area contributed by atoms with Gasteiger partial charge in [0, 0.05) is 19.4 Å². The second kappa shape index (κ2) is 2.51. The molecule has 0 aliphatic heterocycles. The Balaban J connectivity index is 3.15. The average molecular weight is 178 g/mol. The maximum absolute atomic E-state index is 11.4. The Hall–Kier alpha value is -1.98. The molecule has 0 unspecified atom stereocenters. The third-order valence-corrected chi connectivity index (χ3v) is 1.69. The minimum Gasteiger partial charge on any atom is -0.266 e. The van der Waals surface area contributed by atoms with Gasteiger partial charge in [-0.3, -0.25) is 19.4 Å². The van der Waals surface area contributed by atoms with E-state index in [2.05, 4.69) is 15.1 Å². The van der Waals surface area contributed by atoms with Crippen LogP contribution >= 0.6 is 0 Å². The zero-order valence-corrected chi connectivity index (χ0v) is 6.81. The summed E-state index contributed by atoms with van der Waals surface area (Å²) < 4.78 is 1.08. The van der Waals surface area contributed by atoms with E-state index in [-0.39, 0.29) is 16.6 Å². The molecule has 6 heteroatoms. The van der Waals surface area contributed by atoms with Crippen molar-refractivity contribution in [1.82, 2.24) is 19.7 Å². The fraction of sp³-hybridized carbons (Fsp3) is 0.143. The Bertz CT molecular complexity index is 568. The van der Waals surface area contributed by atoms with Crippen LogP contribution in [0.1, 0.15) is 0 Å². The third kappa shape index (κ3) is 1.03. The van der Waals surface area contributed by atoms with Crippen LogP contribution in [0, 0.1) is 0 Å². The monoisotopic (exact) mass is 178 g/mol. The molecule has 0 aliphatic rings. The van der Waals surface area contributed by atoms with Gasteiger partial charge < -0.3 is 0 Å². The van der Waals surface area contributed by atoms with Gasteiger partial charge in [0.2, 0.25) is 0 Å². The molecule has 13 heavy (non-hydrogen) atoms. The van der Waals surface area contributed by atoms with E-state index in [1.54, 1.807) is 0 Å². The van der Waals surface area contributed by atoms with Crippen LogP contribution in [0.25, 0.3) is 11.0 Å². The molecule has 0 aliphatic carbocycles. The Kier molecular flexibility index (Phi) is 1.48. The van der Waals surface area contributed by atoms with Gasteiger partial charge in [-0.2, -0.15) is 0 Å². The molecule has 6 nitrogen and oxygen atoms in total. The van der Waals surface area contributed by atoms with Gasteiger partial charge in [0.1, 0.15) is 0 Å². The van der Waals surface area contributed by atoms with E-state index in [0.717, 1.165) is 4.68 Å². The number of nitrogens with zero attached hydrogens (tertiary/aromatic N) is 3. The molecule has 2 rings (SSSR count). The molecular formula is C7H6N4O2. The maximum Gasteiger partial charge on any atom is 0.293 e. The predicted octanol–water partition coefficient (Wildman–Crippen LogP) is -0.983. The lowest BCUT2D eigenvalue weighted by Crippen LogP contribution is -2.28. The summed E-state index contributed by atoms with van der Waals surface area (Å²) in [4.78, 5) is 30.2. The smallest absolute Gasteiger partial charge is 0.266 e. The van der Waals surface area contributed by atoms with Crippen LogP contribution < -0.4 is 11.1 Å². The van der Waals surface area contributed by atoms with Crippen molar-refractivity contribution in [3.63, 3.8) is 0 Å². The first kappa shape index (κ1) is 7.66. The number of nitrogens with one attached hydrogen (secondary N) is 1. The lowest BCUT2D eigenvalue weighted by molar-refractivity contribution is 0.700. The van der Waals surface area contributed by atoms with Crippen LogP contribution in [0.3, 0.4) is 0 Å². The normalized spacial score (nSPS) is 10.5. The third-order valence-electron chi connectivity index (χ3n) is 1.69. The number of H-pyrrole nitrogens is 1. The largest absolute Gasteiger partial charge is 0.293 e. The zero-order chi connectivity index (χ0) is 9.42. The van der Waals surface area contributed by atoms with Gasteiger partial charge in [-0.15, -0.1) is 0 Å². The van der Waals surface area contributed by atoms with E-state index < -0.39 is 5.56 Å². The first-order valence-corrected chi connectivity index (χ1v) is 3.60. The van der Waals surface area contributed by atoms with Crippen LogP contribution in [0.4, 0.5) is 0 Å². The summed E-state index contributed by atoms with van der Waals surface area (Å²) in [6.07, 6.45) is 2.75. The molecule has 2 aromatic rings. The molecule has 0 saturated carbocycles. The first-order chi connectivity index (χ1) is 6.20. The van der Waals surface area contributed by atoms with Crippen LogP contribution in [0.5, 0.6) is 0 Å². The summed E-state index contributed by atoms with van der Waals surface area (Å²) in [6, 6.07) is 0. The van der Waals surface area contributed by atoms with Crippen molar-refractivity contribution in [2.45, 2.75) is 0 Å². The van der Waals surface area contributed by atoms with E-state index >= 15 is 0 Å². The maximum atomic E-state index is 11.4. The highest BCUT2D eigenvalue weighted by Gasteiger charge is 2.05. The lowest BCUT2D eigenvalue weighted by Gasteiger charge is -1.97. The van der Waals surface area contributed by atoms with Gasteiger partial charge in [0.15, 0.2) is 11.0 Å². The average Bonchev–Trinajstić information content (AvgIpc) is 2.15. The SMILES string of the molecule is Cn1[nH]c(=O)c2nccnc2c1=O. The molecule has 0 fully saturated rings. The lowest BCUT2D eigenvalue weighted by atomic mass is 10.4. The van der Waals surface area contributed by atoms with Crippen LogP contribution in [0.15, 0.2) is 22.0 Å². The summed E-state index contributed by atoms with van der Waals surface area (Å²) in [5, 5.41) is 2.33. The molecular weight excluding hydrogens is 172 g/mol. The Morgan fingerprint density at radius 2 is 1.85 bits per heavy atom.